The number of amides is 1. The van der Waals surface area contributed by atoms with Crippen molar-refractivity contribution in [2.24, 2.45) is 4.99 Å². The number of hydrogen-bond donors (Lipinski definition) is 0. The molecule has 0 aliphatic carbocycles. The third kappa shape index (κ3) is 5.20. The molecule has 4 aromatic rings. The van der Waals surface area contributed by atoms with Crippen molar-refractivity contribution in [2.45, 2.75) is 46.8 Å². The number of nitrogens with zero attached hydrogens (tertiary/aromatic N) is 3. The molecule has 1 aliphatic heterocycles. The van der Waals surface area contributed by atoms with Gasteiger partial charge in [-0.05, 0) is 63.6 Å². The summed E-state index contributed by atoms with van der Waals surface area (Å²) in [5, 5.41) is 2.05. The Labute approximate surface area is 243 Å². The van der Waals surface area contributed by atoms with Crippen LogP contribution in [0.25, 0.3) is 16.8 Å². The zero-order valence-corrected chi connectivity index (χ0v) is 25.1. The quantitative estimate of drug-likeness (QED) is 0.298. The SMILES string of the molecule is CCN(CC)C(=O)C1=C(C)N=c2s/c(=C/c3c(OC(C)C)ccc4ccccc34)c(=O)n2[C@@H]1c1ccccc1OC. The lowest BCUT2D eigenvalue weighted by Gasteiger charge is -2.29. The molecular weight excluding hydrogens is 534 g/mol. The van der Waals surface area contributed by atoms with E-state index in [0.717, 1.165) is 21.9 Å². The molecule has 0 N–H and O–H groups in total. The van der Waals surface area contributed by atoms with Crippen molar-refractivity contribution in [2.75, 3.05) is 20.2 Å². The first kappa shape index (κ1) is 28.4. The van der Waals surface area contributed by atoms with Crippen molar-refractivity contribution in [1.82, 2.24) is 9.47 Å². The molecule has 1 aliphatic rings. The number of ether oxygens (including phenoxy) is 2. The highest BCUT2D eigenvalue weighted by Gasteiger charge is 2.35. The molecule has 0 radical (unpaired) electrons. The van der Waals surface area contributed by atoms with E-state index >= 15 is 0 Å². The second-order valence-electron chi connectivity index (χ2n) is 10.2. The number of rotatable bonds is 8. The molecule has 1 aromatic heterocycles. The molecule has 8 heteroatoms. The third-order valence-electron chi connectivity index (χ3n) is 7.31. The van der Waals surface area contributed by atoms with Gasteiger partial charge in [-0.15, -0.1) is 0 Å². The highest BCUT2D eigenvalue weighted by molar-refractivity contribution is 7.07. The molecule has 0 fully saturated rings. The maximum Gasteiger partial charge on any atom is 0.271 e. The van der Waals surface area contributed by atoms with Gasteiger partial charge in [-0.25, -0.2) is 4.99 Å². The van der Waals surface area contributed by atoms with Gasteiger partial charge < -0.3 is 14.4 Å². The molecule has 0 unspecified atom stereocenters. The summed E-state index contributed by atoms with van der Waals surface area (Å²) in [7, 11) is 1.60. The molecule has 5 rings (SSSR count). The lowest BCUT2D eigenvalue weighted by Crippen LogP contribution is -2.43. The van der Waals surface area contributed by atoms with Gasteiger partial charge >= 0.3 is 0 Å². The maximum absolute atomic E-state index is 14.3. The highest BCUT2D eigenvalue weighted by Crippen LogP contribution is 2.36. The van der Waals surface area contributed by atoms with Crippen LogP contribution in [0.5, 0.6) is 11.5 Å². The van der Waals surface area contributed by atoms with Gasteiger partial charge in [0, 0.05) is 24.2 Å². The monoisotopic (exact) mass is 569 g/mol. The normalized spacial score (nSPS) is 15.2. The van der Waals surface area contributed by atoms with Crippen LogP contribution in [0, 0.1) is 0 Å². The number of benzene rings is 3. The van der Waals surface area contributed by atoms with E-state index in [0.29, 0.717) is 45.2 Å². The standard InChI is InChI=1S/C33H35N3O4S/c1-7-35(8-2)32(38)29-21(5)34-33-36(30(29)24-15-11-12-16-26(24)39-6)31(37)28(41-33)19-25-23-14-10-9-13-22(23)17-18-27(25)40-20(3)4/h9-20,30H,7-8H2,1-6H3/b28-19+/t30-/m1/s1. The van der Waals surface area contributed by atoms with Crippen molar-refractivity contribution < 1.29 is 14.3 Å². The van der Waals surface area contributed by atoms with Crippen LogP contribution < -0.4 is 24.4 Å². The summed E-state index contributed by atoms with van der Waals surface area (Å²) in [4.78, 5) is 35.3. The first-order valence-corrected chi connectivity index (χ1v) is 14.7. The van der Waals surface area contributed by atoms with Crippen LogP contribution >= 0.6 is 11.3 Å². The Kier molecular flexibility index (Phi) is 8.13. The number of para-hydroxylation sites is 1. The van der Waals surface area contributed by atoms with E-state index in [1.807, 2.05) is 101 Å². The van der Waals surface area contributed by atoms with Crippen LogP contribution in [-0.2, 0) is 4.79 Å². The number of allylic oxidation sites excluding steroid dienone is 1. The number of likely N-dealkylation sites (N-methyl/N-ethyl adjacent to an activating group) is 1. The van der Waals surface area contributed by atoms with Gasteiger partial charge in [0.15, 0.2) is 4.80 Å². The van der Waals surface area contributed by atoms with Gasteiger partial charge in [0.05, 0.1) is 29.0 Å². The Bertz CT molecular complexity index is 1830. The van der Waals surface area contributed by atoms with E-state index in [4.69, 9.17) is 14.5 Å². The molecular formula is C33H35N3O4S. The third-order valence-corrected chi connectivity index (χ3v) is 8.29. The minimum absolute atomic E-state index is 0.0358. The lowest BCUT2D eigenvalue weighted by molar-refractivity contribution is -0.127. The Morgan fingerprint density at radius 3 is 2.46 bits per heavy atom. The van der Waals surface area contributed by atoms with Gasteiger partial charge in [-0.2, -0.15) is 0 Å². The van der Waals surface area contributed by atoms with Crippen molar-refractivity contribution in [3.63, 3.8) is 0 Å². The minimum atomic E-state index is -0.684. The summed E-state index contributed by atoms with van der Waals surface area (Å²) in [5.74, 6) is 1.18. The van der Waals surface area contributed by atoms with E-state index in [9.17, 15) is 9.59 Å². The van der Waals surface area contributed by atoms with E-state index in [-0.39, 0.29) is 17.6 Å². The van der Waals surface area contributed by atoms with Gasteiger partial charge in [0.25, 0.3) is 11.5 Å². The Morgan fingerprint density at radius 1 is 1.05 bits per heavy atom. The molecule has 1 atom stereocenters. The smallest absolute Gasteiger partial charge is 0.271 e. The second kappa shape index (κ2) is 11.7. The van der Waals surface area contributed by atoms with Crippen molar-refractivity contribution in [1.29, 1.82) is 0 Å². The topological polar surface area (TPSA) is 73.1 Å². The fourth-order valence-electron chi connectivity index (χ4n) is 5.38. The second-order valence-corrected chi connectivity index (χ2v) is 11.2. The summed E-state index contributed by atoms with van der Waals surface area (Å²) in [6.07, 6.45) is 1.86. The Morgan fingerprint density at radius 2 is 1.76 bits per heavy atom. The van der Waals surface area contributed by atoms with Gasteiger partial charge in [0.2, 0.25) is 0 Å². The molecule has 0 saturated heterocycles. The average molecular weight is 570 g/mol. The first-order chi connectivity index (χ1) is 19.8. The zero-order valence-electron chi connectivity index (χ0n) is 24.3. The summed E-state index contributed by atoms with van der Waals surface area (Å²) >= 11 is 1.32. The van der Waals surface area contributed by atoms with Crippen molar-refractivity contribution in [3.05, 3.63) is 103 Å². The molecule has 7 nitrogen and oxygen atoms in total. The van der Waals surface area contributed by atoms with Crippen LogP contribution in [0.4, 0.5) is 0 Å². The van der Waals surface area contributed by atoms with Crippen molar-refractivity contribution >= 4 is 34.1 Å². The fraction of sp³-hybridized carbons (Fsp3) is 0.303. The maximum atomic E-state index is 14.3. The van der Waals surface area contributed by atoms with Gasteiger partial charge in [-0.1, -0.05) is 59.9 Å². The number of methoxy groups -OCH3 is 1. The van der Waals surface area contributed by atoms with Gasteiger partial charge in [-0.3, -0.25) is 14.2 Å². The van der Waals surface area contributed by atoms with Crippen LogP contribution in [0.2, 0.25) is 0 Å². The largest absolute Gasteiger partial charge is 0.496 e. The van der Waals surface area contributed by atoms with E-state index in [1.165, 1.54) is 11.3 Å². The first-order valence-electron chi connectivity index (χ1n) is 13.9. The molecule has 0 saturated carbocycles. The predicted molar refractivity (Wildman–Crippen MR) is 164 cm³/mol. The molecule has 41 heavy (non-hydrogen) atoms. The predicted octanol–water partition coefficient (Wildman–Crippen LogP) is 5.05. The number of carbonyl (C=O) groups excluding carboxylic acids is 1. The van der Waals surface area contributed by atoms with Crippen LogP contribution in [-0.4, -0.2) is 41.7 Å². The average Bonchev–Trinajstić information content (AvgIpc) is 3.27. The van der Waals surface area contributed by atoms with E-state index < -0.39 is 6.04 Å². The number of fused-ring (bicyclic) bond motifs is 2. The molecule has 0 bridgehead atoms. The number of aromatic nitrogens is 1. The summed E-state index contributed by atoms with van der Waals surface area (Å²) in [6, 6.07) is 18.9. The van der Waals surface area contributed by atoms with Crippen LogP contribution in [0.1, 0.15) is 51.8 Å². The van der Waals surface area contributed by atoms with E-state index in [1.54, 1.807) is 16.6 Å². The highest BCUT2D eigenvalue weighted by atomic mass is 32.1. The summed E-state index contributed by atoms with van der Waals surface area (Å²) in [6.45, 7) is 10.8. The summed E-state index contributed by atoms with van der Waals surface area (Å²) in [5.41, 5.74) is 2.43. The van der Waals surface area contributed by atoms with Gasteiger partial charge in [0.1, 0.15) is 17.5 Å². The zero-order chi connectivity index (χ0) is 29.3. The number of hydrogen-bond acceptors (Lipinski definition) is 6. The van der Waals surface area contributed by atoms with E-state index in [2.05, 4.69) is 0 Å². The lowest BCUT2D eigenvalue weighted by atomic mass is 9.94. The Hall–Kier alpha value is -4.17. The van der Waals surface area contributed by atoms with Crippen LogP contribution in [0.3, 0.4) is 0 Å². The van der Waals surface area contributed by atoms with Crippen molar-refractivity contribution in [3.8, 4) is 11.5 Å². The number of thiazole rings is 1. The number of carbonyl (C=O) groups is 1. The molecule has 212 valence electrons. The molecule has 0 spiro atoms. The summed E-state index contributed by atoms with van der Waals surface area (Å²) < 4.78 is 14.0. The molecule has 1 amide bonds. The minimum Gasteiger partial charge on any atom is -0.496 e. The van der Waals surface area contributed by atoms with Crippen LogP contribution in [0.15, 0.2) is 81.7 Å². The molecule has 2 heterocycles. The molecule has 3 aromatic carbocycles. The fourth-order valence-corrected chi connectivity index (χ4v) is 6.40. The Balaban J connectivity index is 1.80.